The zero-order chi connectivity index (χ0) is 20.5. The lowest BCUT2D eigenvalue weighted by Crippen LogP contribution is -2.47. The molecule has 6 heteroatoms. The first-order valence-electron chi connectivity index (χ1n) is 10.2. The molecule has 1 heterocycles. The van der Waals surface area contributed by atoms with Crippen LogP contribution in [0.15, 0.2) is 24.3 Å². The third-order valence-electron chi connectivity index (χ3n) is 5.98. The summed E-state index contributed by atoms with van der Waals surface area (Å²) in [6, 6.07) is 7.36. The lowest BCUT2D eigenvalue weighted by atomic mass is 9.67. The highest BCUT2D eigenvalue weighted by Gasteiger charge is 2.49. The topological polar surface area (TPSA) is 87.1 Å². The number of carbonyl (C=O) groups excluding carboxylic acids is 1. The molecule has 154 valence electrons. The van der Waals surface area contributed by atoms with Crippen molar-refractivity contribution in [2.45, 2.75) is 70.0 Å². The van der Waals surface area contributed by atoms with Crippen molar-refractivity contribution in [2.75, 3.05) is 13.1 Å². The average molecular weight is 389 g/mol. The Hall–Kier alpha value is -2.08. The number of aliphatic carboxylic acids is 1. The second-order valence-electron chi connectivity index (χ2n) is 9.03. The summed E-state index contributed by atoms with van der Waals surface area (Å²) in [6.45, 7) is 6.66. The summed E-state index contributed by atoms with van der Waals surface area (Å²) in [6.07, 6.45) is 3.54. The lowest BCUT2D eigenvalue weighted by Gasteiger charge is -2.41. The minimum Gasteiger partial charge on any atom is -0.479 e. The molecule has 3 rings (SSSR count). The van der Waals surface area contributed by atoms with E-state index in [2.05, 4.69) is 0 Å². The Balaban J connectivity index is 1.77. The van der Waals surface area contributed by atoms with E-state index in [1.54, 1.807) is 17.0 Å². The minimum atomic E-state index is -1.84. The Morgan fingerprint density at radius 1 is 1.07 bits per heavy atom. The smallest absolute Gasteiger partial charge is 0.410 e. The maximum atomic E-state index is 12.3. The van der Waals surface area contributed by atoms with Crippen LogP contribution >= 0.6 is 0 Å². The number of aliphatic hydroxyl groups is 1. The second kappa shape index (κ2) is 7.74. The number of carboxylic acid groups (broad SMARTS) is 1. The molecule has 0 radical (unpaired) electrons. The Morgan fingerprint density at radius 2 is 1.68 bits per heavy atom. The van der Waals surface area contributed by atoms with Gasteiger partial charge in [0, 0.05) is 19.0 Å². The number of hydrogen-bond donors (Lipinski definition) is 2. The lowest BCUT2D eigenvalue weighted by molar-refractivity contribution is -0.171. The number of rotatable bonds is 4. The Kier molecular flexibility index (Phi) is 5.71. The fourth-order valence-corrected chi connectivity index (χ4v) is 4.24. The van der Waals surface area contributed by atoms with Crippen molar-refractivity contribution in [3.05, 3.63) is 35.4 Å². The predicted octanol–water partition coefficient (Wildman–Crippen LogP) is 3.87. The third kappa shape index (κ3) is 4.02. The first kappa shape index (κ1) is 20.6. The van der Waals surface area contributed by atoms with Crippen LogP contribution in [0.1, 0.15) is 69.9 Å². The van der Waals surface area contributed by atoms with Crippen LogP contribution in [-0.2, 0) is 15.1 Å². The molecule has 2 aliphatic rings. The van der Waals surface area contributed by atoms with Crippen molar-refractivity contribution in [2.24, 2.45) is 5.92 Å². The first-order chi connectivity index (χ1) is 13.1. The van der Waals surface area contributed by atoms with Gasteiger partial charge in [-0.1, -0.05) is 30.7 Å². The number of piperidine rings is 1. The van der Waals surface area contributed by atoms with E-state index < -0.39 is 17.2 Å². The van der Waals surface area contributed by atoms with Gasteiger partial charge in [-0.2, -0.15) is 0 Å². The van der Waals surface area contributed by atoms with E-state index in [0.717, 1.165) is 37.7 Å². The van der Waals surface area contributed by atoms with Crippen molar-refractivity contribution in [3.63, 3.8) is 0 Å². The average Bonchev–Trinajstić information content (AvgIpc) is 2.58. The molecule has 1 unspecified atom stereocenters. The van der Waals surface area contributed by atoms with Gasteiger partial charge in [-0.15, -0.1) is 0 Å². The molecule has 1 aromatic rings. The Morgan fingerprint density at radius 3 is 2.18 bits per heavy atom. The van der Waals surface area contributed by atoms with E-state index in [0.29, 0.717) is 18.7 Å². The van der Waals surface area contributed by atoms with E-state index >= 15 is 0 Å². The van der Waals surface area contributed by atoms with Gasteiger partial charge in [0.05, 0.1) is 0 Å². The van der Waals surface area contributed by atoms with Crippen LogP contribution in [0.4, 0.5) is 4.79 Å². The number of likely N-dealkylation sites (tertiary alicyclic amines) is 1. The van der Waals surface area contributed by atoms with E-state index in [1.807, 2.05) is 32.9 Å². The van der Waals surface area contributed by atoms with E-state index in [1.165, 1.54) is 0 Å². The summed E-state index contributed by atoms with van der Waals surface area (Å²) >= 11 is 0. The molecule has 2 fully saturated rings. The van der Waals surface area contributed by atoms with Crippen molar-refractivity contribution in [1.82, 2.24) is 4.90 Å². The molecule has 0 aromatic heterocycles. The fourth-order valence-electron chi connectivity index (χ4n) is 4.24. The van der Waals surface area contributed by atoms with Gasteiger partial charge in [-0.05, 0) is 63.5 Å². The minimum absolute atomic E-state index is 0.112. The summed E-state index contributed by atoms with van der Waals surface area (Å²) in [7, 11) is 0. The fraction of sp³-hybridized carbons (Fsp3) is 0.636. The molecule has 6 nitrogen and oxygen atoms in total. The third-order valence-corrected chi connectivity index (χ3v) is 5.98. The molecule has 1 atom stereocenters. The molecular formula is C22H31NO5. The standard InChI is InChI=1S/C22H31NO5/c1-21(2,3)28-20(26)23-13-11-15(12-14-23)17-9-4-5-10-18(17)22(27,19(24)25)16-7-6-8-16/h4-5,9-10,15-16,27H,6-8,11-14H2,1-3H3,(H,24,25). The van der Waals surface area contributed by atoms with Gasteiger partial charge in [-0.3, -0.25) is 0 Å². The summed E-state index contributed by atoms with van der Waals surface area (Å²) in [4.78, 5) is 26.0. The highest BCUT2D eigenvalue weighted by molar-refractivity contribution is 5.80. The summed E-state index contributed by atoms with van der Waals surface area (Å²) in [5, 5.41) is 21.0. The van der Waals surface area contributed by atoms with Crippen LogP contribution in [0.5, 0.6) is 0 Å². The molecule has 28 heavy (non-hydrogen) atoms. The molecule has 1 saturated heterocycles. The van der Waals surface area contributed by atoms with Crippen molar-refractivity contribution in [3.8, 4) is 0 Å². The molecule has 1 saturated carbocycles. The first-order valence-corrected chi connectivity index (χ1v) is 10.2. The molecule has 0 spiro atoms. The number of benzene rings is 1. The SMILES string of the molecule is CC(C)(C)OC(=O)N1CCC(c2ccccc2C(O)(C(=O)O)C2CCC2)CC1. The number of ether oxygens (including phenoxy) is 1. The monoisotopic (exact) mass is 389 g/mol. The Labute approximate surface area is 166 Å². The molecule has 0 bridgehead atoms. The number of carboxylic acids is 1. The zero-order valence-corrected chi connectivity index (χ0v) is 17.0. The molecule has 1 aliphatic carbocycles. The highest BCUT2D eigenvalue weighted by atomic mass is 16.6. The van der Waals surface area contributed by atoms with E-state index in [4.69, 9.17) is 4.74 Å². The molecule has 1 aliphatic heterocycles. The number of nitrogens with zero attached hydrogens (tertiary/aromatic N) is 1. The van der Waals surface area contributed by atoms with Crippen molar-refractivity contribution in [1.29, 1.82) is 0 Å². The molecule has 1 amide bonds. The number of amides is 1. The van der Waals surface area contributed by atoms with Crippen LogP contribution in [-0.4, -0.2) is 45.9 Å². The molecule has 2 N–H and O–H groups in total. The number of carbonyl (C=O) groups is 2. The van der Waals surface area contributed by atoms with Crippen LogP contribution in [0, 0.1) is 5.92 Å². The summed E-state index contributed by atoms with van der Waals surface area (Å²) in [5.74, 6) is -1.30. The highest BCUT2D eigenvalue weighted by Crippen LogP contribution is 2.46. The van der Waals surface area contributed by atoms with Gasteiger partial charge in [0.2, 0.25) is 0 Å². The summed E-state index contributed by atoms with van der Waals surface area (Å²) < 4.78 is 5.45. The van der Waals surface area contributed by atoms with Gasteiger partial charge in [0.1, 0.15) is 5.60 Å². The second-order valence-corrected chi connectivity index (χ2v) is 9.03. The predicted molar refractivity (Wildman–Crippen MR) is 105 cm³/mol. The van der Waals surface area contributed by atoms with Crippen LogP contribution < -0.4 is 0 Å². The van der Waals surface area contributed by atoms with Crippen LogP contribution in [0.25, 0.3) is 0 Å². The van der Waals surface area contributed by atoms with Crippen molar-refractivity contribution < 1.29 is 24.5 Å². The van der Waals surface area contributed by atoms with E-state index in [-0.39, 0.29) is 17.9 Å². The van der Waals surface area contributed by atoms with E-state index in [9.17, 15) is 19.8 Å². The number of hydrogen-bond acceptors (Lipinski definition) is 4. The van der Waals surface area contributed by atoms with Crippen LogP contribution in [0.3, 0.4) is 0 Å². The Bertz CT molecular complexity index is 729. The van der Waals surface area contributed by atoms with Gasteiger partial charge in [-0.25, -0.2) is 9.59 Å². The summed E-state index contributed by atoms with van der Waals surface area (Å²) in [5.41, 5.74) is -0.954. The van der Waals surface area contributed by atoms with Gasteiger partial charge in [0.15, 0.2) is 5.60 Å². The normalized spacial score (nSPS) is 20.9. The van der Waals surface area contributed by atoms with Crippen molar-refractivity contribution >= 4 is 12.1 Å². The largest absolute Gasteiger partial charge is 0.479 e. The zero-order valence-electron chi connectivity index (χ0n) is 17.0. The maximum Gasteiger partial charge on any atom is 0.410 e. The molecule has 1 aromatic carbocycles. The maximum absolute atomic E-state index is 12.3. The van der Waals surface area contributed by atoms with Gasteiger partial charge >= 0.3 is 12.1 Å². The van der Waals surface area contributed by atoms with Crippen LogP contribution in [0.2, 0.25) is 0 Å². The van der Waals surface area contributed by atoms with Gasteiger partial charge in [0.25, 0.3) is 0 Å². The quantitative estimate of drug-likeness (QED) is 0.816. The molecular weight excluding hydrogens is 358 g/mol. The van der Waals surface area contributed by atoms with Gasteiger partial charge < -0.3 is 19.8 Å².